The number of hydrogen-bond acceptors (Lipinski definition) is 6. The molecule has 0 aliphatic carbocycles. The van der Waals surface area contributed by atoms with Crippen LogP contribution in [-0.4, -0.2) is 57.9 Å². The van der Waals surface area contributed by atoms with E-state index >= 15 is 0 Å². The molecule has 7 nitrogen and oxygen atoms in total. The number of para-hydroxylation sites is 1. The molecule has 0 spiro atoms. The van der Waals surface area contributed by atoms with Gasteiger partial charge >= 0.3 is 0 Å². The van der Waals surface area contributed by atoms with Gasteiger partial charge in [0.1, 0.15) is 12.1 Å². The summed E-state index contributed by atoms with van der Waals surface area (Å²) in [6.45, 7) is 2.14. The predicted octanol–water partition coefficient (Wildman–Crippen LogP) is 4.35. The van der Waals surface area contributed by atoms with E-state index < -0.39 is 0 Å². The maximum atomic E-state index is 6.29. The average Bonchev–Trinajstić information content (AvgIpc) is 3.44. The van der Waals surface area contributed by atoms with Crippen molar-refractivity contribution in [1.29, 1.82) is 0 Å². The quantitative estimate of drug-likeness (QED) is 0.504. The third kappa shape index (κ3) is 3.82. The van der Waals surface area contributed by atoms with Gasteiger partial charge in [-0.05, 0) is 56.9 Å². The van der Waals surface area contributed by atoms with Crippen molar-refractivity contribution >= 4 is 39.8 Å². The van der Waals surface area contributed by atoms with E-state index in [1.807, 2.05) is 28.9 Å². The van der Waals surface area contributed by atoms with Crippen molar-refractivity contribution in [3.63, 3.8) is 0 Å². The zero-order chi connectivity index (χ0) is 21.4. The van der Waals surface area contributed by atoms with Crippen LogP contribution in [0.5, 0.6) is 0 Å². The first-order valence-corrected chi connectivity index (χ1v) is 10.7. The summed E-state index contributed by atoms with van der Waals surface area (Å²) >= 11 is 6.29. The van der Waals surface area contributed by atoms with Crippen LogP contribution in [0.2, 0.25) is 5.02 Å². The number of anilines is 3. The SMILES string of the molecule is CN(C)C1CCN(c2ccc(-n3ncc4c(Nc5ccccc5Cl)ncnc43)cc2)C1. The summed E-state index contributed by atoms with van der Waals surface area (Å²) in [7, 11) is 4.30. The van der Waals surface area contributed by atoms with E-state index in [2.05, 4.69) is 68.5 Å². The van der Waals surface area contributed by atoms with Crippen LogP contribution in [0.25, 0.3) is 16.7 Å². The zero-order valence-corrected chi connectivity index (χ0v) is 18.3. The number of aromatic nitrogens is 4. The minimum absolute atomic E-state index is 0.607. The zero-order valence-electron chi connectivity index (χ0n) is 17.5. The Morgan fingerprint density at radius 1 is 1.03 bits per heavy atom. The molecule has 2 aromatic heterocycles. The molecule has 0 bridgehead atoms. The minimum Gasteiger partial charge on any atom is -0.370 e. The van der Waals surface area contributed by atoms with Crippen molar-refractivity contribution < 1.29 is 0 Å². The first kappa shape index (κ1) is 19.8. The highest BCUT2D eigenvalue weighted by Gasteiger charge is 2.24. The van der Waals surface area contributed by atoms with Gasteiger partial charge in [0.25, 0.3) is 0 Å². The Balaban J connectivity index is 1.42. The molecule has 158 valence electrons. The standard InChI is InChI=1S/C23H24ClN7/c1-29(2)18-11-12-30(14-18)16-7-9-17(10-8-16)31-23-19(13-27-31)22(25-15-26-23)28-21-6-4-3-5-20(21)24/h3-10,13,15,18H,11-12,14H2,1-2H3,(H,25,26,28). The molecule has 31 heavy (non-hydrogen) atoms. The lowest BCUT2D eigenvalue weighted by Gasteiger charge is -2.22. The summed E-state index contributed by atoms with van der Waals surface area (Å²) < 4.78 is 1.84. The van der Waals surface area contributed by atoms with Crippen molar-refractivity contribution in [2.24, 2.45) is 0 Å². The molecule has 0 radical (unpaired) electrons. The van der Waals surface area contributed by atoms with Crippen molar-refractivity contribution in [2.75, 3.05) is 37.4 Å². The molecule has 5 rings (SSSR count). The molecule has 1 aliphatic heterocycles. The summed E-state index contributed by atoms with van der Waals surface area (Å²) in [5.74, 6) is 0.674. The predicted molar refractivity (Wildman–Crippen MR) is 126 cm³/mol. The smallest absolute Gasteiger partial charge is 0.168 e. The van der Waals surface area contributed by atoms with Crippen LogP contribution in [-0.2, 0) is 0 Å². The second kappa shape index (κ2) is 8.17. The fourth-order valence-electron chi connectivity index (χ4n) is 4.03. The van der Waals surface area contributed by atoms with Crippen molar-refractivity contribution in [2.45, 2.75) is 12.5 Å². The Kier molecular flexibility index (Phi) is 5.21. The Morgan fingerprint density at radius 2 is 1.81 bits per heavy atom. The Morgan fingerprint density at radius 3 is 2.55 bits per heavy atom. The number of rotatable bonds is 5. The number of nitrogens with one attached hydrogen (secondary N) is 1. The number of benzene rings is 2. The Labute approximate surface area is 186 Å². The molecule has 0 amide bonds. The van der Waals surface area contributed by atoms with Crippen LogP contribution in [0.1, 0.15) is 6.42 Å². The van der Waals surface area contributed by atoms with Crippen LogP contribution in [0.3, 0.4) is 0 Å². The van der Waals surface area contributed by atoms with Gasteiger partial charge in [0, 0.05) is 24.8 Å². The lowest BCUT2D eigenvalue weighted by Crippen LogP contribution is -2.31. The summed E-state index contributed by atoms with van der Waals surface area (Å²) in [6.07, 6.45) is 4.51. The topological polar surface area (TPSA) is 62.1 Å². The van der Waals surface area contributed by atoms with Crippen LogP contribution in [0, 0.1) is 0 Å². The average molecular weight is 434 g/mol. The lowest BCUT2D eigenvalue weighted by molar-refractivity contribution is 0.315. The molecule has 8 heteroatoms. The van der Waals surface area contributed by atoms with Gasteiger partial charge in [0.15, 0.2) is 5.65 Å². The van der Waals surface area contributed by atoms with Crippen molar-refractivity contribution in [3.8, 4) is 5.69 Å². The first-order chi connectivity index (χ1) is 15.1. The van der Waals surface area contributed by atoms with Crippen LogP contribution < -0.4 is 10.2 Å². The molecule has 3 heterocycles. The lowest BCUT2D eigenvalue weighted by atomic mass is 10.2. The number of halogens is 1. The highest BCUT2D eigenvalue weighted by molar-refractivity contribution is 6.33. The van der Waals surface area contributed by atoms with Gasteiger partial charge in [0.05, 0.1) is 28.0 Å². The molecular formula is C23H24ClN7. The number of fused-ring (bicyclic) bond motifs is 1. The molecule has 1 aliphatic rings. The van der Waals surface area contributed by atoms with E-state index in [4.69, 9.17) is 11.6 Å². The fraction of sp³-hybridized carbons (Fsp3) is 0.261. The molecule has 1 atom stereocenters. The van der Waals surface area contributed by atoms with Gasteiger partial charge in [-0.2, -0.15) is 5.10 Å². The second-order valence-corrected chi connectivity index (χ2v) is 8.40. The van der Waals surface area contributed by atoms with Crippen molar-refractivity contribution in [3.05, 3.63) is 66.1 Å². The normalized spacial score (nSPS) is 16.4. The maximum Gasteiger partial charge on any atom is 0.168 e. The molecular weight excluding hydrogens is 410 g/mol. The number of nitrogens with zero attached hydrogens (tertiary/aromatic N) is 6. The van der Waals surface area contributed by atoms with Gasteiger partial charge in [0.2, 0.25) is 0 Å². The van der Waals surface area contributed by atoms with Crippen LogP contribution in [0.15, 0.2) is 61.1 Å². The monoisotopic (exact) mass is 433 g/mol. The summed E-state index contributed by atoms with van der Waals surface area (Å²) in [4.78, 5) is 13.6. The van der Waals surface area contributed by atoms with E-state index in [0.29, 0.717) is 16.9 Å². The van der Waals surface area contributed by atoms with Gasteiger partial charge in [-0.25, -0.2) is 14.6 Å². The van der Waals surface area contributed by atoms with Gasteiger partial charge in [-0.1, -0.05) is 23.7 Å². The highest BCUT2D eigenvalue weighted by Crippen LogP contribution is 2.29. The fourth-order valence-corrected chi connectivity index (χ4v) is 4.21. The second-order valence-electron chi connectivity index (χ2n) is 7.99. The minimum atomic E-state index is 0.607. The van der Waals surface area contributed by atoms with Gasteiger partial charge in [-0.15, -0.1) is 0 Å². The largest absolute Gasteiger partial charge is 0.370 e. The van der Waals surface area contributed by atoms with E-state index in [9.17, 15) is 0 Å². The molecule has 1 N–H and O–H groups in total. The molecule has 1 unspecified atom stereocenters. The summed E-state index contributed by atoms with van der Waals surface area (Å²) in [6, 6.07) is 16.7. The van der Waals surface area contributed by atoms with Crippen molar-refractivity contribution in [1.82, 2.24) is 24.6 Å². The number of likely N-dealkylation sites (N-methyl/N-ethyl adjacent to an activating group) is 1. The number of hydrogen-bond donors (Lipinski definition) is 1. The molecule has 1 fully saturated rings. The first-order valence-electron chi connectivity index (χ1n) is 10.3. The summed E-state index contributed by atoms with van der Waals surface area (Å²) in [5.41, 5.74) is 3.74. The maximum absolute atomic E-state index is 6.29. The van der Waals surface area contributed by atoms with E-state index in [0.717, 1.165) is 35.5 Å². The third-order valence-corrected chi connectivity index (χ3v) is 6.18. The van der Waals surface area contributed by atoms with Gasteiger partial charge < -0.3 is 15.1 Å². The van der Waals surface area contributed by atoms with Crippen LogP contribution >= 0.6 is 11.6 Å². The van der Waals surface area contributed by atoms with Crippen LogP contribution in [0.4, 0.5) is 17.2 Å². The Hall–Kier alpha value is -3.16. The molecule has 2 aromatic carbocycles. The Bertz CT molecular complexity index is 1200. The molecule has 1 saturated heterocycles. The van der Waals surface area contributed by atoms with E-state index in [1.54, 1.807) is 12.5 Å². The van der Waals surface area contributed by atoms with E-state index in [1.165, 1.54) is 12.1 Å². The molecule has 4 aromatic rings. The summed E-state index contributed by atoms with van der Waals surface area (Å²) in [5, 5.41) is 9.33. The molecule has 0 saturated carbocycles. The van der Waals surface area contributed by atoms with E-state index in [-0.39, 0.29) is 0 Å². The third-order valence-electron chi connectivity index (χ3n) is 5.85. The van der Waals surface area contributed by atoms with Gasteiger partial charge in [-0.3, -0.25) is 0 Å². The highest BCUT2D eigenvalue weighted by atomic mass is 35.5.